The zero-order valence-corrected chi connectivity index (χ0v) is 13.0. The van der Waals surface area contributed by atoms with Gasteiger partial charge in [0.1, 0.15) is 0 Å². The van der Waals surface area contributed by atoms with Crippen LogP contribution >= 0.6 is 0 Å². The summed E-state index contributed by atoms with van der Waals surface area (Å²) in [6.45, 7) is 11.3. The minimum Gasteiger partial charge on any atom is -0.353 e. The molecule has 0 saturated carbocycles. The molecular formula is C15H31N3O. The number of piperidine rings is 1. The molecule has 0 spiro atoms. The van der Waals surface area contributed by atoms with E-state index in [2.05, 4.69) is 22.5 Å². The minimum absolute atomic E-state index is 0.0360. The zero-order chi connectivity index (χ0) is 14.3. The third-order valence-electron chi connectivity index (χ3n) is 3.74. The minimum atomic E-state index is -0.0360. The van der Waals surface area contributed by atoms with Crippen LogP contribution in [-0.4, -0.2) is 48.6 Å². The molecule has 1 aliphatic rings. The number of rotatable bonds is 7. The summed E-state index contributed by atoms with van der Waals surface area (Å²) >= 11 is 0. The van der Waals surface area contributed by atoms with Crippen LogP contribution in [0, 0.1) is 0 Å². The van der Waals surface area contributed by atoms with Crippen LogP contribution in [0.1, 0.15) is 53.4 Å². The fourth-order valence-corrected chi connectivity index (χ4v) is 2.66. The molecule has 1 amide bonds. The molecule has 2 unspecified atom stereocenters. The first-order valence-corrected chi connectivity index (χ1v) is 7.82. The molecule has 0 aromatic carbocycles. The molecule has 1 heterocycles. The van der Waals surface area contributed by atoms with Crippen molar-refractivity contribution in [2.45, 2.75) is 71.5 Å². The highest BCUT2D eigenvalue weighted by Crippen LogP contribution is 2.11. The number of hydrogen-bond acceptors (Lipinski definition) is 3. The van der Waals surface area contributed by atoms with Gasteiger partial charge in [0.2, 0.25) is 5.91 Å². The van der Waals surface area contributed by atoms with Crippen molar-refractivity contribution >= 4 is 5.91 Å². The number of amides is 1. The average molecular weight is 269 g/mol. The van der Waals surface area contributed by atoms with E-state index in [9.17, 15) is 4.79 Å². The first kappa shape index (κ1) is 16.4. The third kappa shape index (κ3) is 5.91. The van der Waals surface area contributed by atoms with Crippen LogP contribution in [0.3, 0.4) is 0 Å². The Hall–Kier alpha value is -0.610. The molecular weight excluding hydrogens is 238 g/mol. The topological polar surface area (TPSA) is 44.4 Å². The Bertz CT molecular complexity index is 262. The van der Waals surface area contributed by atoms with Gasteiger partial charge in [0.05, 0.1) is 6.04 Å². The van der Waals surface area contributed by atoms with Crippen molar-refractivity contribution in [1.82, 2.24) is 15.5 Å². The van der Waals surface area contributed by atoms with Crippen LogP contribution in [0.4, 0.5) is 0 Å². The molecule has 0 bridgehead atoms. The maximum atomic E-state index is 12.1. The van der Waals surface area contributed by atoms with Crippen LogP contribution in [0.25, 0.3) is 0 Å². The molecule has 0 radical (unpaired) electrons. The van der Waals surface area contributed by atoms with Crippen molar-refractivity contribution in [2.75, 3.05) is 19.6 Å². The molecule has 4 nitrogen and oxygen atoms in total. The summed E-state index contributed by atoms with van der Waals surface area (Å²) < 4.78 is 0. The van der Waals surface area contributed by atoms with E-state index in [4.69, 9.17) is 0 Å². The molecule has 1 rings (SSSR count). The third-order valence-corrected chi connectivity index (χ3v) is 3.74. The van der Waals surface area contributed by atoms with Crippen molar-refractivity contribution in [2.24, 2.45) is 0 Å². The van der Waals surface area contributed by atoms with E-state index in [0.717, 1.165) is 26.1 Å². The predicted molar refractivity (Wildman–Crippen MR) is 80.2 cm³/mol. The van der Waals surface area contributed by atoms with Gasteiger partial charge < -0.3 is 10.6 Å². The predicted octanol–water partition coefficient (Wildman–Crippen LogP) is 1.75. The highest BCUT2D eigenvalue weighted by atomic mass is 16.2. The molecule has 1 fully saturated rings. The summed E-state index contributed by atoms with van der Waals surface area (Å²) in [6.07, 6.45) is 4.92. The van der Waals surface area contributed by atoms with E-state index >= 15 is 0 Å². The summed E-state index contributed by atoms with van der Waals surface area (Å²) in [5.41, 5.74) is 0. The summed E-state index contributed by atoms with van der Waals surface area (Å²) in [5, 5.41) is 6.59. The Kier molecular flexibility index (Phi) is 7.39. The Morgan fingerprint density at radius 2 is 2.11 bits per heavy atom. The zero-order valence-electron chi connectivity index (χ0n) is 13.0. The van der Waals surface area contributed by atoms with Crippen molar-refractivity contribution in [1.29, 1.82) is 0 Å². The average Bonchev–Trinajstić information content (AvgIpc) is 2.38. The first-order valence-electron chi connectivity index (χ1n) is 7.82. The second-order valence-electron chi connectivity index (χ2n) is 5.98. The van der Waals surface area contributed by atoms with Crippen LogP contribution in [0.15, 0.2) is 0 Å². The second kappa shape index (κ2) is 8.54. The molecule has 0 aliphatic carbocycles. The Morgan fingerprint density at radius 3 is 2.63 bits per heavy atom. The largest absolute Gasteiger partial charge is 0.353 e. The van der Waals surface area contributed by atoms with E-state index in [1.807, 2.05) is 20.8 Å². The SMILES string of the molecule is CCCN(CC1CCCCN1)C(C)C(=O)NC(C)C. The van der Waals surface area contributed by atoms with Gasteiger partial charge in [-0.25, -0.2) is 0 Å². The normalized spacial score (nSPS) is 21.7. The Labute approximate surface area is 118 Å². The lowest BCUT2D eigenvalue weighted by atomic mass is 10.0. The van der Waals surface area contributed by atoms with Crippen molar-refractivity contribution < 1.29 is 4.79 Å². The lowest BCUT2D eigenvalue weighted by Crippen LogP contribution is -2.52. The van der Waals surface area contributed by atoms with E-state index < -0.39 is 0 Å². The molecule has 1 aliphatic heterocycles. The van der Waals surface area contributed by atoms with E-state index in [1.165, 1.54) is 19.3 Å². The van der Waals surface area contributed by atoms with Crippen molar-refractivity contribution in [3.8, 4) is 0 Å². The smallest absolute Gasteiger partial charge is 0.237 e. The maximum Gasteiger partial charge on any atom is 0.237 e. The number of hydrogen-bond donors (Lipinski definition) is 2. The van der Waals surface area contributed by atoms with E-state index in [1.54, 1.807) is 0 Å². The fraction of sp³-hybridized carbons (Fsp3) is 0.933. The fourth-order valence-electron chi connectivity index (χ4n) is 2.66. The maximum absolute atomic E-state index is 12.1. The van der Waals surface area contributed by atoms with Gasteiger partial charge in [-0.1, -0.05) is 13.3 Å². The number of nitrogens with one attached hydrogen (secondary N) is 2. The molecule has 19 heavy (non-hydrogen) atoms. The molecule has 2 N–H and O–H groups in total. The Morgan fingerprint density at radius 1 is 1.37 bits per heavy atom. The van der Waals surface area contributed by atoms with Crippen molar-refractivity contribution in [3.63, 3.8) is 0 Å². The summed E-state index contributed by atoms with van der Waals surface area (Å²) in [7, 11) is 0. The molecule has 112 valence electrons. The monoisotopic (exact) mass is 269 g/mol. The van der Waals surface area contributed by atoms with E-state index in [0.29, 0.717) is 6.04 Å². The quantitative estimate of drug-likeness (QED) is 0.740. The standard InChI is InChI=1S/C15H31N3O/c1-5-10-18(11-14-8-6-7-9-16-14)13(4)15(19)17-12(2)3/h12-14,16H,5-11H2,1-4H3,(H,17,19). The van der Waals surface area contributed by atoms with Gasteiger partial charge >= 0.3 is 0 Å². The summed E-state index contributed by atoms with van der Waals surface area (Å²) in [4.78, 5) is 14.5. The van der Waals surface area contributed by atoms with Gasteiger partial charge in [0.25, 0.3) is 0 Å². The highest BCUT2D eigenvalue weighted by molar-refractivity contribution is 5.81. The summed E-state index contributed by atoms with van der Waals surface area (Å²) in [6, 6.07) is 0.729. The highest BCUT2D eigenvalue weighted by Gasteiger charge is 2.24. The summed E-state index contributed by atoms with van der Waals surface area (Å²) in [5.74, 6) is 0.152. The van der Waals surface area contributed by atoms with Crippen molar-refractivity contribution in [3.05, 3.63) is 0 Å². The second-order valence-corrected chi connectivity index (χ2v) is 5.98. The van der Waals surface area contributed by atoms with Crippen LogP contribution < -0.4 is 10.6 Å². The van der Waals surface area contributed by atoms with Gasteiger partial charge in [-0.3, -0.25) is 9.69 Å². The van der Waals surface area contributed by atoms with Gasteiger partial charge in [-0.05, 0) is 53.1 Å². The van der Waals surface area contributed by atoms with Crippen LogP contribution in [-0.2, 0) is 4.79 Å². The number of carbonyl (C=O) groups excluding carboxylic acids is 1. The van der Waals surface area contributed by atoms with E-state index in [-0.39, 0.29) is 18.0 Å². The first-order chi connectivity index (χ1) is 9.04. The van der Waals surface area contributed by atoms with Crippen LogP contribution in [0.2, 0.25) is 0 Å². The van der Waals surface area contributed by atoms with Gasteiger partial charge in [0.15, 0.2) is 0 Å². The van der Waals surface area contributed by atoms with Gasteiger partial charge in [-0.15, -0.1) is 0 Å². The molecule has 4 heteroatoms. The molecule has 2 atom stereocenters. The molecule has 1 saturated heterocycles. The van der Waals surface area contributed by atoms with Crippen LogP contribution in [0.5, 0.6) is 0 Å². The molecule has 0 aromatic rings. The Balaban J connectivity index is 2.51. The van der Waals surface area contributed by atoms with Gasteiger partial charge in [0, 0.05) is 18.6 Å². The lowest BCUT2D eigenvalue weighted by molar-refractivity contribution is -0.126. The number of carbonyl (C=O) groups is 1. The number of nitrogens with zero attached hydrogens (tertiary/aromatic N) is 1. The van der Waals surface area contributed by atoms with Gasteiger partial charge in [-0.2, -0.15) is 0 Å². The molecule has 0 aromatic heterocycles. The lowest BCUT2D eigenvalue weighted by Gasteiger charge is -2.34.